The average Bonchev–Trinajstić information content (AvgIpc) is 2.66. The van der Waals surface area contributed by atoms with Gasteiger partial charge in [-0.25, -0.2) is 0 Å². The first-order valence-electron chi connectivity index (χ1n) is 9.62. The van der Waals surface area contributed by atoms with Gasteiger partial charge in [-0.15, -0.1) is 0 Å². The summed E-state index contributed by atoms with van der Waals surface area (Å²) in [5, 5.41) is 9.05. The van der Waals surface area contributed by atoms with Gasteiger partial charge in [-0.05, 0) is 75.2 Å². The monoisotopic (exact) mass is 339 g/mol. The minimum absolute atomic E-state index is 0.331. The molecule has 1 aromatic carbocycles. The van der Waals surface area contributed by atoms with Crippen LogP contribution >= 0.6 is 0 Å². The van der Waals surface area contributed by atoms with E-state index in [1.54, 1.807) is 0 Å². The molecule has 25 heavy (non-hydrogen) atoms. The molecule has 0 aliphatic carbocycles. The third kappa shape index (κ3) is 4.83. The fourth-order valence-corrected chi connectivity index (χ4v) is 4.32. The number of amides is 1. The number of benzene rings is 1. The summed E-state index contributed by atoms with van der Waals surface area (Å²) in [7, 11) is 2.18. The number of nitrogens with zero attached hydrogens (tertiary/aromatic N) is 3. The van der Waals surface area contributed by atoms with Crippen LogP contribution in [0.5, 0.6) is 0 Å². The summed E-state index contributed by atoms with van der Waals surface area (Å²) >= 11 is 0. The number of hydrogen-bond acceptors (Lipinski definition) is 3. The highest BCUT2D eigenvalue weighted by molar-refractivity contribution is 5.76. The zero-order valence-electron chi connectivity index (χ0n) is 15.3. The van der Waals surface area contributed by atoms with Gasteiger partial charge in [0.2, 0.25) is 5.91 Å². The minimum Gasteiger partial charge on any atom is -0.343 e. The molecule has 2 fully saturated rings. The molecule has 0 saturated carbocycles. The van der Waals surface area contributed by atoms with Gasteiger partial charge in [0.1, 0.15) is 0 Å². The van der Waals surface area contributed by atoms with E-state index < -0.39 is 0 Å². The molecule has 4 nitrogen and oxygen atoms in total. The fraction of sp³-hybridized carbons (Fsp3) is 0.619. The van der Waals surface area contributed by atoms with Gasteiger partial charge in [0, 0.05) is 26.1 Å². The fourth-order valence-electron chi connectivity index (χ4n) is 4.32. The van der Waals surface area contributed by atoms with Gasteiger partial charge in [-0.2, -0.15) is 5.26 Å². The SMILES string of the molecule is CN1CCCC(CCC(=O)N2CCC(c3cccc(C#N)c3)CC2)C1. The van der Waals surface area contributed by atoms with Crippen molar-refractivity contribution in [3.05, 3.63) is 35.4 Å². The Hall–Kier alpha value is -1.86. The second-order valence-electron chi connectivity index (χ2n) is 7.70. The summed E-state index contributed by atoms with van der Waals surface area (Å²) in [5.41, 5.74) is 1.98. The van der Waals surface area contributed by atoms with Crippen molar-refractivity contribution in [2.45, 2.75) is 44.4 Å². The Bertz CT molecular complexity index is 628. The molecule has 1 aromatic rings. The second kappa shape index (κ2) is 8.49. The first-order valence-corrected chi connectivity index (χ1v) is 9.62. The highest BCUT2D eigenvalue weighted by Crippen LogP contribution is 2.29. The number of rotatable bonds is 4. The first-order chi connectivity index (χ1) is 12.2. The third-order valence-corrected chi connectivity index (χ3v) is 5.82. The second-order valence-corrected chi connectivity index (χ2v) is 7.70. The summed E-state index contributed by atoms with van der Waals surface area (Å²) in [6.07, 6.45) is 6.29. The highest BCUT2D eigenvalue weighted by Gasteiger charge is 2.25. The molecule has 2 heterocycles. The average molecular weight is 339 g/mol. The van der Waals surface area contributed by atoms with Crippen LogP contribution < -0.4 is 0 Å². The lowest BCUT2D eigenvalue weighted by molar-refractivity contribution is -0.132. The molecular weight excluding hydrogens is 310 g/mol. The number of hydrogen-bond donors (Lipinski definition) is 0. The van der Waals surface area contributed by atoms with Crippen molar-refractivity contribution in [3.63, 3.8) is 0 Å². The van der Waals surface area contributed by atoms with E-state index in [4.69, 9.17) is 5.26 Å². The van der Waals surface area contributed by atoms with E-state index in [0.29, 0.717) is 24.2 Å². The van der Waals surface area contributed by atoms with E-state index >= 15 is 0 Å². The van der Waals surface area contributed by atoms with E-state index in [2.05, 4.69) is 29.0 Å². The number of carbonyl (C=O) groups is 1. The van der Waals surface area contributed by atoms with E-state index in [0.717, 1.165) is 44.5 Å². The summed E-state index contributed by atoms with van der Waals surface area (Å²) in [6, 6.07) is 10.1. The molecule has 3 rings (SSSR count). The molecule has 0 aromatic heterocycles. The predicted octanol–water partition coefficient (Wildman–Crippen LogP) is 3.39. The third-order valence-electron chi connectivity index (χ3n) is 5.82. The first kappa shape index (κ1) is 17.9. The number of piperidine rings is 2. The Morgan fingerprint density at radius 1 is 1.24 bits per heavy atom. The Morgan fingerprint density at radius 3 is 2.76 bits per heavy atom. The van der Waals surface area contributed by atoms with Crippen molar-refractivity contribution in [1.29, 1.82) is 5.26 Å². The lowest BCUT2D eigenvalue weighted by Gasteiger charge is -2.33. The van der Waals surface area contributed by atoms with Gasteiger partial charge in [0.15, 0.2) is 0 Å². The number of nitriles is 1. The Kier molecular flexibility index (Phi) is 6.09. The van der Waals surface area contributed by atoms with Gasteiger partial charge in [0.05, 0.1) is 11.6 Å². The molecule has 1 amide bonds. The minimum atomic E-state index is 0.331. The maximum Gasteiger partial charge on any atom is 0.222 e. The van der Waals surface area contributed by atoms with E-state index in [-0.39, 0.29) is 0 Å². The maximum absolute atomic E-state index is 12.5. The number of likely N-dealkylation sites (tertiary alicyclic amines) is 2. The lowest BCUT2D eigenvalue weighted by Crippen LogP contribution is -2.38. The standard InChI is InChI=1S/C21H29N3O/c1-23-11-3-5-17(16-23)7-8-21(25)24-12-9-19(10-13-24)20-6-2-4-18(14-20)15-22/h2,4,6,14,17,19H,3,5,7-13,16H2,1H3. The Labute approximate surface area is 151 Å². The van der Waals surface area contributed by atoms with Gasteiger partial charge in [0.25, 0.3) is 0 Å². The Morgan fingerprint density at radius 2 is 2.04 bits per heavy atom. The quantitative estimate of drug-likeness (QED) is 0.845. The summed E-state index contributed by atoms with van der Waals surface area (Å²) in [5.74, 6) is 1.50. The van der Waals surface area contributed by atoms with Crippen LogP contribution in [0, 0.1) is 17.2 Å². The van der Waals surface area contributed by atoms with Crippen LogP contribution in [-0.2, 0) is 4.79 Å². The molecular formula is C21H29N3O. The van der Waals surface area contributed by atoms with Crippen molar-refractivity contribution in [2.75, 3.05) is 33.2 Å². The molecule has 4 heteroatoms. The Balaban J connectivity index is 1.45. The molecule has 2 aliphatic rings. The van der Waals surface area contributed by atoms with E-state index in [9.17, 15) is 4.79 Å². The maximum atomic E-state index is 12.5. The van der Waals surface area contributed by atoms with Gasteiger partial charge < -0.3 is 9.80 Å². The van der Waals surface area contributed by atoms with Crippen molar-refractivity contribution in [2.24, 2.45) is 5.92 Å². The highest BCUT2D eigenvalue weighted by atomic mass is 16.2. The molecule has 2 saturated heterocycles. The van der Waals surface area contributed by atoms with E-state index in [1.165, 1.54) is 24.9 Å². The van der Waals surface area contributed by atoms with Crippen LogP contribution in [0.1, 0.15) is 55.6 Å². The largest absolute Gasteiger partial charge is 0.343 e. The molecule has 134 valence electrons. The summed E-state index contributed by atoms with van der Waals surface area (Å²) in [4.78, 5) is 17.0. The van der Waals surface area contributed by atoms with Crippen LogP contribution in [-0.4, -0.2) is 48.9 Å². The molecule has 0 radical (unpaired) electrons. The van der Waals surface area contributed by atoms with Crippen molar-refractivity contribution in [1.82, 2.24) is 9.80 Å². The number of carbonyl (C=O) groups excluding carboxylic acids is 1. The zero-order valence-corrected chi connectivity index (χ0v) is 15.3. The molecule has 0 bridgehead atoms. The van der Waals surface area contributed by atoms with Gasteiger partial charge >= 0.3 is 0 Å². The van der Waals surface area contributed by atoms with Gasteiger partial charge in [-0.3, -0.25) is 4.79 Å². The molecule has 1 unspecified atom stereocenters. The van der Waals surface area contributed by atoms with Crippen LogP contribution in [0.3, 0.4) is 0 Å². The lowest BCUT2D eigenvalue weighted by atomic mass is 9.88. The summed E-state index contributed by atoms with van der Waals surface area (Å²) in [6.45, 7) is 4.05. The van der Waals surface area contributed by atoms with Crippen molar-refractivity contribution in [3.8, 4) is 6.07 Å². The van der Waals surface area contributed by atoms with Crippen LogP contribution in [0.15, 0.2) is 24.3 Å². The van der Waals surface area contributed by atoms with E-state index in [1.807, 2.05) is 18.2 Å². The van der Waals surface area contributed by atoms with Crippen LogP contribution in [0.2, 0.25) is 0 Å². The zero-order chi connectivity index (χ0) is 17.6. The van der Waals surface area contributed by atoms with Crippen LogP contribution in [0.25, 0.3) is 0 Å². The predicted molar refractivity (Wildman–Crippen MR) is 99.2 cm³/mol. The van der Waals surface area contributed by atoms with Crippen molar-refractivity contribution >= 4 is 5.91 Å². The topological polar surface area (TPSA) is 47.3 Å². The van der Waals surface area contributed by atoms with Crippen molar-refractivity contribution < 1.29 is 4.79 Å². The molecule has 0 spiro atoms. The smallest absolute Gasteiger partial charge is 0.222 e. The molecule has 0 N–H and O–H groups in total. The molecule has 1 atom stereocenters. The van der Waals surface area contributed by atoms with Gasteiger partial charge in [-0.1, -0.05) is 12.1 Å². The molecule has 2 aliphatic heterocycles. The normalized spacial score (nSPS) is 22.6. The summed E-state index contributed by atoms with van der Waals surface area (Å²) < 4.78 is 0. The van der Waals surface area contributed by atoms with Crippen LogP contribution in [0.4, 0.5) is 0 Å².